The second kappa shape index (κ2) is 8.11. The lowest BCUT2D eigenvalue weighted by molar-refractivity contribution is -0.127. The molecule has 0 aliphatic rings. The second-order valence-electron chi connectivity index (χ2n) is 3.97. The minimum atomic E-state index is -0.886. The van der Waals surface area contributed by atoms with E-state index in [1.54, 1.807) is 6.92 Å². The van der Waals surface area contributed by atoms with E-state index in [4.69, 9.17) is 16.3 Å². The maximum atomic E-state index is 11.7. The highest BCUT2D eigenvalue weighted by atomic mass is 35.5. The van der Waals surface area contributed by atoms with Gasteiger partial charge in [-0.3, -0.25) is 9.59 Å². The van der Waals surface area contributed by atoms with Gasteiger partial charge in [-0.2, -0.15) is 0 Å². The second-order valence-corrected chi connectivity index (χ2v) is 4.40. The van der Waals surface area contributed by atoms with Gasteiger partial charge in [-0.25, -0.2) is 4.79 Å². The Morgan fingerprint density at radius 2 is 1.95 bits per heavy atom. The summed E-state index contributed by atoms with van der Waals surface area (Å²) in [4.78, 5) is 34.2. The summed E-state index contributed by atoms with van der Waals surface area (Å²) in [5, 5.41) is 14.5. The first kappa shape index (κ1) is 16.8. The van der Waals surface area contributed by atoms with Crippen molar-refractivity contribution in [1.29, 1.82) is 0 Å². The topological polar surface area (TPSA) is 105 Å². The van der Waals surface area contributed by atoms with E-state index in [1.165, 1.54) is 18.2 Å². The molecule has 1 aromatic carbocycles. The number of esters is 1. The number of benzene rings is 1. The fraction of sp³-hybridized carbons (Fsp3) is 0.308. The van der Waals surface area contributed by atoms with Gasteiger partial charge in [-0.15, -0.1) is 0 Å². The average molecular weight is 315 g/mol. The minimum absolute atomic E-state index is 0.140. The van der Waals surface area contributed by atoms with Crippen molar-refractivity contribution in [3.63, 3.8) is 0 Å². The molecule has 0 spiro atoms. The van der Waals surface area contributed by atoms with E-state index < -0.39 is 18.5 Å². The van der Waals surface area contributed by atoms with Gasteiger partial charge in [0.05, 0.1) is 6.54 Å². The van der Waals surface area contributed by atoms with Crippen molar-refractivity contribution >= 4 is 29.4 Å². The van der Waals surface area contributed by atoms with Crippen molar-refractivity contribution in [2.24, 2.45) is 0 Å². The number of phenolic OH excluding ortho intramolecular Hbond substituents is 1. The van der Waals surface area contributed by atoms with E-state index >= 15 is 0 Å². The third kappa shape index (κ3) is 5.70. The molecule has 0 heterocycles. The summed E-state index contributed by atoms with van der Waals surface area (Å²) in [6, 6.07) is 3.88. The number of amides is 2. The zero-order valence-electron chi connectivity index (χ0n) is 11.3. The first-order valence-electron chi connectivity index (χ1n) is 6.13. The number of aromatic hydroxyl groups is 1. The summed E-state index contributed by atoms with van der Waals surface area (Å²) in [6.07, 6.45) is 0. The van der Waals surface area contributed by atoms with Crippen molar-refractivity contribution < 1.29 is 24.2 Å². The normalized spacial score (nSPS) is 9.81. The van der Waals surface area contributed by atoms with Gasteiger partial charge in [0.25, 0.3) is 5.91 Å². The monoisotopic (exact) mass is 314 g/mol. The number of hydrogen-bond donors (Lipinski definition) is 3. The standard InChI is InChI=1S/C13H15ClN2O5/c1-2-15-11(18)6-16-12(19)7-21-13(20)9-5-8(14)3-4-10(9)17/h3-5,17H,2,6-7H2,1H3,(H,15,18)(H,16,19). The number of likely N-dealkylation sites (N-methyl/N-ethyl adjacent to an activating group) is 1. The van der Waals surface area contributed by atoms with E-state index in [2.05, 4.69) is 10.6 Å². The summed E-state index contributed by atoms with van der Waals surface area (Å²) in [6.45, 7) is 1.44. The van der Waals surface area contributed by atoms with Crippen LogP contribution in [0.5, 0.6) is 5.75 Å². The molecule has 0 bridgehead atoms. The van der Waals surface area contributed by atoms with E-state index in [-0.39, 0.29) is 28.8 Å². The van der Waals surface area contributed by atoms with Crippen LogP contribution in [-0.4, -0.2) is 42.6 Å². The lowest BCUT2D eigenvalue weighted by atomic mass is 10.2. The number of phenols is 1. The fourth-order valence-electron chi connectivity index (χ4n) is 1.37. The number of hydrogen-bond acceptors (Lipinski definition) is 5. The molecule has 0 aliphatic heterocycles. The van der Waals surface area contributed by atoms with E-state index in [1.807, 2.05) is 0 Å². The minimum Gasteiger partial charge on any atom is -0.507 e. The van der Waals surface area contributed by atoms with Gasteiger partial charge in [0.2, 0.25) is 5.91 Å². The number of nitrogens with one attached hydrogen (secondary N) is 2. The lowest BCUT2D eigenvalue weighted by Crippen LogP contribution is -2.38. The highest BCUT2D eigenvalue weighted by Gasteiger charge is 2.15. The van der Waals surface area contributed by atoms with Crippen molar-refractivity contribution in [2.75, 3.05) is 19.7 Å². The highest BCUT2D eigenvalue weighted by molar-refractivity contribution is 6.31. The molecule has 0 atom stereocenters. The quantitative estimate of drug-likeness (QED) is 0.661. The highest BCUT2D eigenvalue weighted by Crippen LogP contribution is 2.22. The maximum Gasteiger partial charge on any atom is 0.342 e. The predicted octanol–water partition coefficient (Wildman–Crippen LogP) is 0.455. The molecule has 114 valence electrons. The van der Waals surface area contributed by atoms with Crippen molar-refractivity contribution in [3.05, 3.63) is 28.8 Å². The molecule has 0 unspecified atom stereocenters. The summed E-state index contributed by atoms with van der Waals surface area (Å²) >= 11 is 5.70. The first-order chi connectivity index (χ1) is 9.93. The summed E-state index contributed by atoms with van der Waals surface area (Å²) in [7, 11) is 0. The molecule has 0 radical (unpaired) electrons. The molecule has 8 heteroatoms. The van der Waals surface area contributed by atoms with Gasteiger partial charge in [0, 0.05) is 11.6 Å². The van der Waals surface area contributed by atoms with Crippen LogP contribution in [0.4, 0.5) is 0 Å². The molecule has 0 fully saturated rings. The van der Waals surface area contributed by atoms with Crippen LogP contribution in [0.3, 0.4) is 0 Å². The largest absolute Gasteiger partial charge is 0.507 e. The smallest absolute Gasteiger partial charge is 0.342 e. The Balaban J connectivity index is 2.44. The molecule has 0 aromatic heterocycles. The van der Waals surface area contributed by atoms with Gasteiger partial charge >= 0.3 is 5.97 Å². The predicted molar refractivity (Wildman–Crippen MR) is 75.1 cm³/mol. The Kier molecular flexibility index (Phi) is 6.48. The van der Waals surface area contributed by atoms with Crippen molar-refractivity contribution in [3.8, 4) is 5.75 Å². The van der Waals surface area contributed by atoms with Crippen LogP contribution in [0.1, 0.15) is 17.3 Å². The van der Waals surface area contributed by atoms with E-state index in [0.29, 0.717) is 6.54 Å². The van der Waals surface area contributed by atoms with Crippen molar-refractivity contribution in [2.45, 2.75) is 6.92 Å². The van der Waals surface area contributed by atoms with Gasteiger partial charge in [0.15, 0.2) is 6.61 Å². The molecule has 2 amide bonds. The molecular formula is C13H15ClN2O5. The van der Waals surface area contributed by atoms with Crippen LogP contribution in [0.15, 0.2) is 18.2 Å². The van der Waals surface area contributed by atoms with Gasteiger partial charge in [-0.05, 0) is 25.1 Å². The fourth-order valence-corrected chi connectivity index (χ4v) is 1.54. The maximum absolute atomic E-state index is 11.7. The van der Waals surface area contributed by atoms with Crippen LogP contribution in [-0.2, 0) is 14.3 Å². The van der Waals surface area contributed by atoms with Crippen LogP contribution in [0, 0.1) is 0 Å². The Bertz CT molecular complexity index is 547. The summed E-state index contributed by atoms with van der Waals surface area (Å²) in [5.74, 6) is -2.16. The number of halogens is 1. The Morgan fingerprint density at radius 1 is 1.24 bits per heavy atom. The Hall–Kier alpha value is -2.28. The molecule has 3 N–H and O–H groups in total. The van der Waals surface area contributed by atoms with Crippen molar-refractivity contribution in [1.82, 2.24) is 10.6 Å². The zero-order chi connectivity index (χ0) is 15.8. The molecular weight excluding hydrogens is 300 g/mol. The third-order valence-corrected chi connectivity index (χ3v) is 2.57. The Morgan fingerprint density at radius 3 is 2.62 bits per heavy atom. The van der Waals surface area contributed by atoms with Gasteiger partial charge in [0.1, 0.15) is 11.3 Å². The molecule has 0 saturated carbocycles. The Labute approximate surface area is 126 Å². The van der Waals surface area contributed by atoms with Crippen LogP contribution >= 0.6 is 11.6 Å². The van der Waals surface area contributed by atoms with E-state index in [9.17, 15) is 19.5 Å². The van der Waals surface area contributed by atoms with Gasteiger partial charge in [-0.1, -0.05) is 11.6 Å². The number of carbonyl (C=O) groups excluding carboxylic acids is 3. The first-order valence-corrected chi connectivity index (χ1v) is 6.51. The SMILES string of the molecule is CCNC(=O)CNC(=O)COC(=O)c1cc(Cl)ccc1O. The summed E-state index contributed by atoms with van der Waals surface area (Å²) in [5.41, 5.74) is -0.140. The summed E-state index contributed by atoms with van der Waals surface area (Å²) < 4.78 is 4.72. The van der Waals surface area contributed by atoms with E-state index in [0.717, 1.165) is 0 Å². The van der Waals surface area contributed by atoms with Crippen LogP contribution in [0.2, 0.25) is 5.02 Å². The molecule has 0 saturated heterocycles. The number of ether oxygens (including phenoxy) is 1. The van der Waals surface area contributed by atoms with Gasteiger partial charge < -0.3 is 20.5 Å². The molecule has 0 aliphatic carbocycles. The number of rotatable bonds is 6. The van der Waals surface area contributed by atoms with Crippen LogP contribution < -0.4 is 10.6 Å². The molecule has 1 rings (SSSR count). The average Bonchev–Trinajstić information content (AvgIpc) is 2.45. The molecule has 7 nitrogen and oxygen atoms in total. The third-order valence-electron chi connectivity index (χ3n) is 2.33. The zero-order valence-corrected chi connectivity index (χ0v) is 12.1. The molecule has 21 heavy (non-hydrogen) atoms. The lowest BCUT2D eigenvalue weighted by Gasteiger charge is -2.07. The van der Waals surface area contributed by atoms with Crippen LogP contribution in [0.25, 0.3) is 0 Å². The number of carbonyl (C=O) groups is 3. The molecule has 1 aromatic rings.